The van der Waals surface area contributed by atoms with Gasteiger partial charge in [0.05, 0.1) is 0 Å². The molecule has 104 valence electrons. The molecule has 2 aromatic carbocycles. The van der Waals surface area contributed by atoms with Crippen LogP contribution >= 0.6 is 15.9 Å². The molecule has 20 heavy (non-hydrogen) atoms. The summed E-state index contributed by atoms with van der Waals surface area (Å²) in [4.78, 5) is 0. The topological polar surface area (TPSA) is 20.2 Å². The lowest BCUT2D eigenvalue weighted by atomic mass is 9.83. The van der Waals surface area contributed by atoms with Crippen molar-refractivity contribution in [2.45, 2.75) is 38.0 Å². The van der Waals surface area contributed by atoms with Crippen LogP contribution in [-0.4, -0.2) is 5.11 Å². The standard InChI is InChI=1S/C18H19BrO/c19-17-11-16(14-9-5-2-6-10-14)18(20)12-15(17)13-7-3-1-4-8-13/h2,5-6,9-13,20H,1,3-4,7-8H2. The molecule has 2 heteroatoms. The van der Waals surface area contributed by atoms with Crippen LogP contribution in [0, 0.1) is 0 Å². The van der Waals surface area contributed by atoms with E-state index in [1.54, 1.807) is 0 Å². The van der Waals surface area contributed by atoms with E-state index < -0.39 is 0 Å². The lowest BCUT2D eigenvalue weighted by Crippen LogP contribution is -2.05. The maximum Gasteiger partial charge on any atom is 0.123 e. The molecule has 0 radical (unpaired) electrons. The van der Waals surface area contributed by atoms with Crippen molar-refractivity contribution >= 4 is 15.9 Å². The van der Waals surface area contributed by atoms with Gasteiger partial charge in [-0.25, -0.2) is 0 Å². The molecule has 1 fully saturated rings. The number of phenolic OH excluding ortho intramolecular Hbond substituents is 1. The van der Waals surface area contributed by atoms with Crippen LogP contribution in [0.2, 0.25) is 0 Å². The van der Waals surface area contributed by atoms with E-state index in [1.165, 1.54) is 37.7 Å². The second kappa shape index (κ2) is 6.01. The molecule has 1 saturated carbocycles. The largest absolute Gasteiger partial charge is 0.507 e. The first kappa shape index (κ1) is 13.7. The second-order valence-electron chi connectivity index (χ2n) is 5.59. The lowest BCUT2D eigenvalue weighted by Gasteiger charge is -2.23. The van der Waals surface area contributed by atoms with Crippen LogP contribution in [0.1, 0.15) is 43.6 Å². The van der Waals surface area contributed by atoms with Crippen molar-refractivity contribution in [1.82, 2.24) is 0 Å². The highest BCUT2D eigenvalue weighted by molar-refractivity contribution is 9.10. The Bertz CT molecular complexity index is 586. The monoisotopic (exact) mass is 330 g/mol. The fraction of sp³-hybridized carbons (Fsp3) is 0.333. The maximum atomic E-state index is 10.4. The Morgan fingerprint density at radius 2 is 1.65 bits per heavy atom. The second-order valence-corrected chi connectivity index (χ2v) is 6.45. The van der Waals surface area contributed by atoms with E-state index in [0.29, 0.717) is 11.7 Å². The summed E-state index contributed by atoms with van der Waals surface area (Å²) < 4.78 is 1.13. The summed E-state index contributed by atoms with van der Waals surface area (Å²) in [6.07, 6.45) is 6.43. The van der Waals surface area contributed by atoms with Crippen molar-refractivity contribution in [3.8, 4) is 16.9 Å². The molecule has 0 amide bonds. The molecular weight excluding hydrogens is 312 g/mol. The Morgan fingerprint density at radius 3 is 2.35 bits per heavy atom. The number of aromatic hydroxyl groups is 1. The van der Waals surface area contributed by atoms with Crippen molar-refractivity contribution in [3.63, 3.8) is 0 Å². The van der Waals surface area contributed by atoms with Crippen LogP contribution < -0.4 is 0 Å². The summed E-state index contributed by atoms with van der Waals surface area (Å²) in [5.74, 6) is 0.980. The Labute approximate surface area is 128 Å². The molecule has 0 saturated heterocycles. The van der Waals surface area contributed by atoms with Gasteiger partial charge in [-0.2, -0.15) is 0 Å². The molecule has 0 bridgehead atoms. The van der Waals surface area contributed by atoms with Crippen molar-refractivity contribution in [2.24, 2.45) is 0 Å². The third-order valence-electron chi connectivity index (χ3n) is 4.24. The minimum absolute atomic E-state index is 0.389. The molecule has 0 heterocycles. The molecular formula is C18H19BrO. The van der Waals surface area contributed by atoms with Gasteiger partial charge in [0.1, 0.15) is 5.75 Å². The first-order valence-corrected chi connectivity index (χ1v) is 8.13. The molecule has 2 aromatic rings. The summed E-state index contributed by atoms with van der Waals surface area (Å²) >= 11 is 3.70. The Morgan fingerprint density at radius 1 is 0.950 bits per heavy atom. The first-order valence-electron chi connectivity index (χ1n) is 7.33. The average molecular weight is 331 g/mol. The Balaban J connectivity index is 1.98. The van der Waals surface area contributed by atoms with Gasteiger partial charge in [-0.15, -0.1) is 0 Å². The molecule has 0 aliphatic heterocycles. The predicted octanol–water partition coefficient (Wildman–Crippen LogP) is 5.87. The third-order valence-corrected chi connectivity index (χ3v) is 4.93. The first-order chi connectivity index (χ1) is 9.75. The van der Waals surface area contributed by atoms with Gasteiger partial charge in [0.25, 0.3) is 0 Å². The average Bonchev–Trinajstić information content (AvgIpc) is 2.51. The Hall–Kier alpha value is -1.28. The van der Waals surface area contributed by atoms with Crippen LogP contribution in [-0.2, 0) is 0 Å². The lowest BCUT2D eigenvalue weighted by molar-refractivity contribution is 0.437. The molecule has 3 rings (SSSR count). The zero-order valence-electron chi connectivity index (χ0n) is 11.5. The van der Waals surface area contributed by atoms with Gasteiger partial charge in [-0.05, 0) is 42.0 Å². The van der Waals surface area contributed by atoms with Crippen LogP contribution in [0.15, 0.2) is 46.9 Å². The summed E-state index contributed by atoms with van der Waals surface area (Å²) in [7, 11) is 0. The highest BCUT2D eigenvalue weighted by Crippen LogP contribution is 2.41. The minimum Gasteiger partial charge on any atom is -0.507 e. The van der Waals surface area contributed by atoms with Gasteiger partial charge in [0.15, 0.2) is 0 Å². The molecule has 1 N–H and O–H groups in total. The normalized spacial score (nSPS) is 16.2. The molecule has 1 aliphatic rings. The quantitative estimate of drug-likeness (QED) is 0.730. The fourth-order valence-corrected chi connectivity index (χ4v) is 3.82. The zero-order valence-corrected chi connectivity index (χ0v) is 13.1. The number of phenols is 1. The van der Waals surface area contributed by atoms with E-state index in [9.17, 15) is 5.11 Å². The summed E-state index contributed by atoms with van der Waals surface area (Å²) in [6.45, 7) is 0. The van der Waals surface area contributed by atoms with Gasteiger partial charge in [-0.1, -0.05) is 65.5 Å². The zero-order chi connectivity index (χ0) is 13.9. The van der Waals surface area contributed by atoms with Crippen molar-refractivity contribution in [3.05, 3.63) is 52.5 Å². The summed E-state index contributed by atoms with van der Waals surface area (Å²) in [6, 6.07) is 14.1. The summed E-state index contributed by atoms with van der Waals surface area (Å²) in [5, 5.41) is 10.4. The van der Waals surface area contributed by atoms with E-state index in [4.69, 9.17) is 0 Å². The van der Waals surface area contributed by atoms with Crippen molar-refractivity contribution < 1.29 is 5.11 Å². The van der Waals surface area contributed by atoms with Crippen molar-refractivity contribution in [2.75, 3.05) is 0 Å². The van der Waals surface area contributed by atoms with E-state index in [1.807, 2.05) is 36.4 Å². The van der Waals surface area contributed by atoms with E-state index in [-0.39, 0.29) is 0 Å². The van der Waals surface area contributed by atoms with Crippen LogP contribution in [0.3, 0.4) is 0 Å². The number of hydrogen-bond acceptors (Lipinski definition) is 1. The fourth-order valence-electron chi connectivity index (χ4n) is 3.15. The third kappa shape index (κ3) is 2.76. The number of hydrogen-bond donors (Lipinski definition) is 1. The van der Waals surface area contributed by atoms with E-state index in [2.05, 4.69) is 22.0 Å². The molecule has 0 spiro atoms. The van der Waals surface area contributed by atoms with Gasteiger partial charge >= 0.3 is 0 Å². The van der Waals surface area contributed by atoms with E-state index in [0.717, 1.165) is 15.6 Å². The highest BCUT2D eigenvalue weighted by atomic mass is 79.9. The molecule has 0 atom stereocenters. The maximum absolute atomic E-state index is 10.4. The van der Waals surface area contributed by atoms with Gasteiger partial charge in [-0.3, -0.25) is 0 Å². The number of rotatable bonds is 2. The molecule has 0 aromatic heterocycles. The highest BCUT2D eigenvalue weighted by Gasteiger charge is 2.19. The van der Waals surface area contributed by atoms with Gasteiger partial charge < -0.3 is 5.11 Å². The molecule has 1 nitrogen and oxygen atoms in total. The van der Waals surface area contributed by atoms with Gasteiger partial charge in [0, 0.05) is 10.0 Å². The van der Waals surface area contributed by atoms with Crippen LogP contribution in [0.4, 0.5) is 0 Å². The SMILES string of the molecule is Oc1cc(C2CCCCC2)c(Br)cc1-c1ccccc1. The molecule has 1 aliphatic carbocycles. The van der Waals surface area contributed by atoms with Crippen LogP contribution in [0.5, 0.6) is 5.75 Å². The number of halogens is 1. The minimum atomic E-state index is 0.389. The molecule has 0 unspecified atom stereocenters. The van der Waals surface area contributed by atoms with Gasteiger partial charge in [0.2, 0.25) is 0 Å². The summed E-state index contributed by atoms with van der Waals surface area (Å²) in [5.41, 5.74) is 3.22. The predicted molar refractivity (Wildman–Crippen MR) is 87.1 cm³/mol. The van der Waals surface area contributed by atoms with Crippen molar-refractivity contribution in [1.29, 1.82) is 0 Å². The Kier molecular flexibility index (Phi) is 4.11. The number of benzene rings is 2. The van der Waals surface area contributed by atoms with Crippen LogP contribution in [0.25, 0.3) is 11.1 Å². The van der Waals surface area contributed by atoms with E-state index >= 15 is 0 Å². The smallest absolute Gasteiger partial charge is 0.123 e.